The summed E-state index contributed by atoms with van der Waals surface area (Å²) in [5.41, 5.74) is 18.3. The Balaban J connectivity index is 0.923. The largest absolute Gasteiger partial charge is 0.310 e. The number of para-hydroxylation sites is 1. The fraction of sp³-hybridized carbons (Fsp3) is 0.220. The lowest BCUT2D eigenvalue weighted by atomic mass is 9.48. The zero-order valence-corrected chi connectivity index (χ0v) is 34.7. The van der Waals surface area contributed by atoms with Crippen LogP contribution in [0.5, 0.6) is 0 Å². The minimum Gasteiger partial charge on any atom is -0.310 e. The van der Waals surface area contributed by atoms with E-state index in [0.29, 0.717) is 5.41 Å². The molecule has 5 aliphatic rings. The first kappa shape index (κ1) is 35.7. The summed E-state index contributed by atoms with van der Waals surface area (Å²) < 4.78 is 0. The molecule has 5 aliphatic carbocycles. The Kier molecular flexibility index (Phi) is 8.15. The minimum atomic E-state index is -0.0971. The van der Waals surface area contributed by atoms with Crippen molar-refractivity contribution in [2.45, 2.75) is 63.2 Å². The summed E-state index contributed by atoms with van der Waals surface area (Å²) in [5, 5.41) is 2.60. The Morgan fingerprint density at radius 1 is 0.400 bits per heavy atom. The van der Waals surface area contributed by atoms with Gasteiger partial charge in [0.1, 0.15) is 0 Å². The SMILES string of the molecule is CC1(C)c2ccccc2-c2ccc(N(c3ccc(-c4ccc(-c5ccc(C67CC8CC(CC(C8)C6)C7)cc5)c5ccccc45)cc3)c3ccccc3-c3ccccc3)cc21. The number of nitrogens with zero attached hydrogens (tertiary/aromatic N) is 1. The molecular formula is C59H51N. The molecule has 8 aromatic rings. The smallest absolute Gasteiger partial charge is 0.0540 e. The number of hydrogen-bond acceptors (Lipinski definition) is 1. The Bertz CT molecular complexity index is 2880. The molecule has 0 saturated heterocycles. The van der Waals surface area contributed by atoms with Crippen LogP contribution >= 0.6 is 0 Å². The van der Waals surface area contributed by atoms with Crippen LogP contribution in [0.25, 0.3) is 55.3 Å². The quantitative estimate of drug-likeness (QED) is 0.156. The van der Waals surface area contributed by atoms with Gasteiger partial charge in [-0.3, -0.25) is 0 Å². The van der Waals surface area contributed by atoms with Gasteiger partial charge in [0.05, 0.1) is 5.69 Å². The van der Waals surface area contributed by atoms with Gasteiger partial charge in [-0.1, -0.05) is 166 Å². The summed E-state index contributed by atoms with van der Waals surface area (Å²) in [7, 11) is 0. The number of hydrogen-bond donors (Lipinski definition) is 0. The number of benzene rings is 8. The molecule has 0 aliphatic heterocycles. The fourth-order valence-electron chi connectivity index (χ4n) is 12.8. The van der Waals surface area contributed by atoms with E-state index >= 15 is 0 Å². The molecule has 1 nitrogen and oxygen atoms in total. The first-order chi connectivity index (χ1) is 29.4. The van der Waals surface area contributed by atoms with Gasteiger partial charge < -0.3 is 4.90 Å². The maximum absolute atomic E-state index is 2.49. The van der Waals surface area contributed by atoms with E-state index in [1.807, 2.05) is 0 Å². The predicted molar refractivity (Wildman–Crippen MR) is 252 cm³/mol. The third kappa shape index (κ3) is 5.66. The number of fused-ring (bicyclic) bond motifs is 4. The highest BCUT2D eigenvalue weighted by Gasteiger charge is 2.51. The second kappa shape index (κ2) is 13.7. The van der Waals surface area contributed by atoms with Crippen molar-refractivity contribution >= 4 is 27.8 Å². The van der Waals surface area contributed by atoms with Crippen molar-refractivity contribution in [2.24, 2.45) is 17.8 Å². The molecule has 0 aromatic heterocycles. The van der Waals surface area contributed by atoms with Crippen LogP contribution in [0, 0.1) is 17.8 Å². The summed E-state index contributed by atoms with van der Waals surface area (Å²) in [5.74, 6) is 2.87. The topological polar surface area (TPSA) is 3.24 Å². The summed E-state index contributed by atoms with van der Waals surface area (Å²) in [6, 6.07) is 68.5. The van der Waals surface area contributed by atoms with E-state index in [9.17, 15) is 0 Å². The van der Waals surface area contributed by atoms with E-state index in [0.717, 1.165) is 34.8 Å². The van der Waals surface area contributed by atoms with Gasteiger partial charge in [-0.2, -0.15) is 0 Å². The van der Waals surface area contributed by atoms with Crippen molar-refractivity contribution in [1.29, 1.82) is 0 Å². The zero-order chi connectivity index (χ0) is 40.0. The average Bonchev–Trinajstić information content (AvgIpc) is 3.52. The van der Waals surface area contributed by atoms with Crippen molar-refractivity contribution in [1.82, 2.24) is 0 Å². The van der Waals surface area contributed by atoms with Crippen LogP contribution in [-0.2, 0) is 10.8 Å². The van der Waals surface area contributed by atoms with Crippen LogP contribution in [0.3, 0.4) is 0 Å². The molecule has 0 spiro atoms. The standard InChI is InChI=1S/C59H51N/c1-58(2)55-18-10-8-17-53(55)54-29-28-47(35-56(54)58)60(57-19-11-9-14-50(57)42-12-4-3-5-13-42)46-26-22-44(23-27-46)49-31-30-48(51-15-6-7-16-52(49)51)43-20-24-45(25-21-43)59-36-39-32-40(37-59)34-41(33-39)38-59/h3-31,35,39-41H,32-34,36-38H2,1-2H3. The first-order valence-electron chi connectivity index (χ1n) is 22.3. The van der Waals surface area contributed by atoms with Crippen LogP contribution in [0.15, 0.2) is 182 Å². The fourth-order valence-corrected chi connectivity index (χ4v) is 12.8. The molecular weight excluding hydrogens is 723 g/mol. The van der Waals surface area contributed by atoms with Gasteiger partial charge in [0.15, 0.2) is 0 Å². The van der Waals surface area contributed by atoms with Crippen LogP contribution in [0.2, 0.25) is 0 Å². The molecule has 60 heavy (non-hydrogen) atoms. The number of rotatable bonds is 7. The van der Waals surface area contributed by atoms with Gasteiger partial charge in [0.2, 0.25) is 0 Å². The molecule has 0 unspecified atom stereocenters. The molecule has 13 rings (SSSR count). The van der Waals surface area contributed by atoms with E-state index in [-0.39, 0.29) is 5.41 Å². The molecule has 0 heterocycles. The van der Waals surface area contributed by atoms with E-state index in [2.05, 4.69) is 201 Å². The van der Waals surface area contributed by atoms with Crippen LogP contribution in [-0.4, -0.2) is 0 Å². The Hall–Kier alpha value is -6.18. The maximum atomic E-state index is 2.49. The van der Waals surface area contributed by atoms with Gasteiger partial charge in [-0.05, 0) is 158 Å². The Morgan fingerprint density at radius 3 is 1.53 bits per heavy atom. The molecule has 4 bridgehead atoms. The third-order valence-corrected chi connectivity index (χ3v) is 15.3. The van der Waals surface area contributed by atoms with Crippen LogP contribution in [0.4, 0.5) is 17.1 Å². The van der Waals surface area contributed by atoms with E-state index in [4.69, 9.17) is 0 Å². The molecule has 1 heteroatoms. The van der Waals surface area contributed by atoms with Crippen molar-refractivity contribution in [3.05, 3.63) is 199 Å². The van der Waals surface area contributed by atoms with Gasteiger partial charge in [0.25, 0.3) is 0 Å². The lowest BCUT2D eigenvalue weighted by molar-refractivity contribution is -0.00518. The molecule has 292 valence electrons. The first-order valence-corrected chi connectivity index (χ1v) is 22.3. The maximum Gasteiger partial charge on any atom is 0.0540 e. The van der Waals surface area contributed by atoms with Crippen LogP contribution in [0.1, 0.15) is 69.1 Å². The average molecular weight is 774 g/mol. The number of anilines is 3. The molecule has 0 radical (unpaired) electrons. The molecule has 0 N–H and O–H groups in total. The normalized spacial score (nSPS) is 21.8. The van der Waals surface area contributed by atoms with E-state index < -0.39 is 0 Å². The second-order valence-electron chi connectivity index (χ2n) is 19.1. The highest BCUT2D eigenvalue weighted by molar-refractivity contribution is 6.05. The highest BCUT2D eigenvalue weighted by Crippen LogP contribution is 2.61. The van der Waals surface area contributed by atoms with E-state index in [1.54, 1.807) is 5.56 Å². The third-order valence-electron chi connectivity index (χ3n) is 15.3. The molecule has 4 saturated carbocycles. The van der Waals surface area contributed by atoms with E-state index in [1.165, 1.54) is 105 Å². The van der Waals surface area contributed by atoms with Crippen molar-refractivity contribution in [3.63, 3.8) is 0 Å². The lowest BCUT2D eigenvalue weighted by Crippen LogP contribution is -2.48. The molecule has 4 fully saturated rings. The minimum absolute atomic E-state index is 0.0971. The zero-order valence-electron chi connectivity index (χ0n) is 34.7. The monoisotopic (exact) mass is 773 g/mol. The van der Waals surface area contributed by atoms with Crippen molar-refractivity contribution in [3.8, 4) is 44.5 Å². The summed E-state index contributed by atoms with van der Waals surface area (Å²) >= 11 is 0. The Labute approximate surface area is 355 Å². The Morgan fingerprint density at radius 2 is 0.883 bits per heavy atom. The predicted octanol–water partition coefficient (Wildman–Crippen LogP) is 16.1. The molecule has 0 amide bonds. The second-order valence-corrected chi connectivity index (χ2v) is 19.1. The lowest BCUT2D eigenvalue weighted by Gasteiger charge is -2.57. The van der Waals surface area contributed by atoms with Gasteiger partial charge in [-0.25, -0.2) is 0 Å². The summed E-state index contributed by atoms with van der Waals surface area (Å²) in [6.07, 6.45) is 8.69. The summed E-state index contributed by atoms with van der Waals surface area (Å²) in [6.45, 7) is 4.74. The van der Waals surface area contributed by atoms with Crippen LogP contribution < -0.4 is 4.90 Å². The molecule has 0 atom stereocenters. The molecule has 8 aromatic carbocycles. The summed E-state index contributed by atoms with van der Waals surface area (Å²) in [4.78, 5) is 2.46. The van der Waals surface area contributed by atoms with Crippen molar-refractivity contribution < 1.29 is 0 Å². The van der Waals surface area contributed by atoms with Gasteiger partial charge in [-0.15, -0.1) is 0 Å². The highest BCUT2D eigenvalue weighted by atomic mass is 15.1. The van der Waals surface area contributed by atoms with Gasteiger partial charge in [0, 0.05) is 22.4 Å². The van der Waals surface area contributed by atoms with Gasteiger partial charge >= 0.3 is 0 Å². The van der Waals surface area contributed by atoms with Crippen molar-refractivity contribution in [2.75, 3.05) is 4.90 Å².